The summed E-state index contributed by atoms with van der Waals surface area (Å²) in [7, 11) is 0. The number of allylic oxidation sites excluding steroid dienone is 1. The number of rotatable bonds is 4. The standard InChI is InChI=1S/C16H23FN2/c1-3-13(2)11-19-9-5-8-16(12-19)18-15-7-4-6-14(17)10-15/h3-4,6-7,10,16,18H,5,8-9,11-12H2,1-2H3/b13-3+/t16-/m1/s1. The molecule has 19 heavy (non-hydrogen) atoms. The second kappa shape index (κ2) is 6.71. The number of halogens is 1. The van der Waals surface area contributed by atoms with Crippen LogP contribution in [-0.2, 0) is 0 Å². The van der Waals surface area contributed by atoms with Crippen molar-refractivity contribution < 1.29 is 4.39 Å². The van der Waals surface area contributed by atoms with Gasteiger partial charge in [0, 0.05) is 24.8 Å². The Kier molecular flexibility index (Phi) is 4.97. The number of nitrogens with one attached hydrogen (secondary N) is 1. The zero-order chi connectivity index (χ0) is 13.7. The van der Waals surface area contributed by atoms with Crippen LogP contribution in [-0.4, -0.2) is 30.6 Å². The highest BCUT2D eigenvalue weighted by molar-refractivity contribution is 5.44. The van der Waals surface area contributed by atoms with Crippen LogP contribution in [0.3, 0.4) is 0 Å². The Labute approximate surface area is 115 Å². The van der Waals surface area contributed by atoms with Gasteiger partial charge in [-0.2, -0.15) is 0 Å². The highest BCUT2D eigenvalue weighted by atomic mass is 19.1. The molecule has 104 valence electrons. The zero-order valence-corrected chi connectivity index (χ0v) is 11.8. The van der Waals surface area contributed by atoms with Gasteiger partial charge in [0.1, 0.15) is 5.82 Å². The Morgan fingerprint density at radius 2 is 2.37 bits per heavy atom. The van der Waals surface area contributed by atoms with Crippen LogP contribution in [0.1, 0.15) is 26.7 Å². The first-order valence-corrected chi connectivity index (χ1v) is 7.03. The Morgan fingerprint density at radius 1 is 1.53 bits per heavy atom. The van der Waals surface area contributed by atoms with Crippen LogP contribution in [0.5, 0.6) is 0 Å². The number of anilines is 1. The minimum Gasteiger partial charge on any atom is -0.381 e. The lowest BCUT2D eigenvalue weighted by atomic mass is 10.0. The average Bonchev–Trinajstić information content (AvgIpc) is 2.39. The zero-order valence-electron chi connectivity index (χ0n) is 11.8. The summed E-state index contributed by atoms with van der Waals surface area (Å²) in [6.45, 7) is 7.48. The van der Waals surface area contributed by atoms with Crippen molar-refractivity contribution in [2.45, 2.75) is 32.7 Å². The fourth-order valence-corrected chi connectivity index (χ4v) is 2.57. The Balaban J connectivity index is 1.90. The second-order valence-corrected chi connectivity index (χ2v) is 5.36. The van der Waals surface area contributed by atoms with Gasteiger partial charge in [0.05, 0.1) is 0 Å². The fraction of sp³-hybridized carbons (Fsp3) is 0.500. The number of nitrogens with zero attached hydrogens (tertiary/aromatic N) is 1. The molecule has 1 aromatic carbocycles. The Morgan fingerprint density at radius 3 is 3.11 bits per heavy atom. The molecule has 1 heterocycles. The smallest absolute Gasteiger partial charge is 0.125 e. The summed E-state index contributed by atoms with van der Waals surface area (Å²) in [5.41, 5.74) is 2.29. The molecule has 1 fully saturated rings. The first kappa shape index (κ1) is 14.1. The summed E-state index contributed by atoms with van der Waals surface area (Å²) in [5.74, 6) is -0.178. The lowest BCUT2D eigenvalue weighted by molar-refractivity contribution is 0.232. The highest BCUT2D eigenvalue weighted by Gasteiger charge is 2.19. The van der Waals surface area contributed by atoms with Gasteiger partial charge in [0.2, 0.25) is 0 Å². The monoisotopic (exact) mass is 262 g/mol. The Hall–Kier alpha value is -1.35. The third-order valence-electron chi connectivity index (χ3n) is 3.67. The molecule has 0 radical (unpaired) electrons. The van der Waals surface area contributed by atoms with E-state index < -0.39 is 0 Å². The maximum Gasteiger partial charge on any atom is 0.125 e. The summed E-state index contributed by atoms with van der Waals surface area (Å²) in [4.78, 5) is 2.47. The van der Waals surface area contributed by atoms with Gasteiger partial charge in [-0.25, -0.2) is 4.39 Å². The van der Waals surface area contributed by atoms with Crippen molar-refractivity contribution in [3.8, 4) is 0 Å². The minimum absolute atomic E-state index is 0.178. The van der Waals surface area contributed by atoms with Gasteiger partial charge < -0.3 is 5.32 Å². The van der Waals surface area contributed by atoms with Crippen molar-refractivity contribution in [3.63, 3.8) is 0 Å². The first-order valence-electron chi connectivity index (χ1n) is 7.03. The van der Waals surface area contributed by atoms with Crippen LogP contribution in [0, 0.1) is 5.82 Å². The van der Waals surface area contributed by atoms with Crippen LogP contribution >= 0.6 is 0 Å². The van der Waals surface area contributed by atoms with Gasteiger partial charge in [-0.05, 0) is 51.4 Å². The van der Waals surface area contributed by atoms with Crippen LogP contribution in [0.2, 0.25) is 0 Å². The largest absolute Gasteiger partial charge is 0.381 e. The van der Waals surface area contributed by atoms with Crippen LogP contribution < -0.4 is 5.32 Å². The van der Waals surface area contributed by atoms with Gasteiger partial charge in [-0.3, -0.25) is 4.90 Å². The molecule has 0 spiro atoms. The number of likely N-dealkylation sites (tertiary alicyclic amines) is 1. The maximum absolute atomic E-state index is 13.2. The van der Waals surface area contributed by atoms with E-state index in [1.807, 2.05) is 6.07 Å². The van der Waals surface area contributed by atoms with Crippen molar-refractivity contribution in [1.82, 2.24) is 4.90 Å². The van der Waals surface area contributed by atoms with Gasteiger partial charge in [0.15, 0.2) is 0 Å². The van der Waals surface area contributed by atoms with Crippen molar-refractivity contribution in [3.05, 3.63) is 41.7 Å². The lowest BCUT2D eigenvalue weighted by Crippen LogP contribution is -2.42. The predicted octanol–water partition coefficient (Wildman–Crippen LogP) is 3.67. The van der Waals surface area contributed by atoms with E-state index in [1.54, 1.807) is 12.1 Å². The quantitative estimate of drug-likeness (QED) is 0.833. The molecule has 0 bridgehead atoms. The molecule has 3 heteroatoms. The van der Waals surface area contributed by atoms with Crippen LogP contribution in [0.15, 0.2) is 35.9 Å². The second-order valence-electron chi connectivity index (χ2n) is 5.36. The Bertz CT molecular complexity index is 442. The number of benzene rings is 1. The van der Waals surface area contributed by atoms with Crippen LogP contribution in [0.4, 0.5) is 10.1 Å². The molecule has 1 atom stereocenters. The molecule has 0 unspecified atom stereocenters. The highest BCUT2D eigenvalue weighted by Crippen LogP contribution is 2.17. The number of hydrogen-bond donors (Lipinski definition) is 1. The fourth-order valence-electron chi connectivity index (χ4n) is 2.57. The van der Waals surface area contributed by atoms with Gasteiger partial charge in [0.25, 0.3) is 0 Å². The van der Waals surface area contributed by atoms with Crippen molar-refractivity contribution in [2.75, 3.05) is 25.0 Å². The van der Waals surface area contributed by atoms with Crippen molar-refractivity contribution in [2.24, 2.45) is 0 Å². The molecule has 1 aliphatic heterocycles. The lowest BCUT2D eigenvalue weighted by Gasteiger charge is -2.33. The van der Waals surface area contributed by atoms with E-state index in [9.17, 15) is 4.39 Å². The van der Waals surface area contributed by atoms with Gasteiger partial charge in [-0.1, -0.05) is 17.7 Å². The molecule has 1 aromatic rings. The normalized spacial score (nSPS) is 21.4. The molecule has 1 aliphatic rings. The minimum atomic E-state index is -0.178. The van der Waals surface area contributed by atoms with Crippen LogP contribution in [0.25, 0.3) is 0 Å². The SMILES string of the molecule is C/C=C(\C)CN1CCC[C@@H](Nc2cccc(F)c2)C1. The third kappa shape index (κ3) is 4.35. The average molecular weight is 262 g/mol. The maximum atomic E-state index is 13.2. The molecular weight excluding hydrogens is 239 g/mol. The molecular formula is C16H23FN2. The molecule has 0 amide bonds. The molecule has 1 saturated heterocycles. The van der Waals surface area contributed by atoms with Crippen molar-refractivity contribution in [1.29, 1.82) is 0 Å². The molecule has 1 N–H and O–H groups in total. The summed E-state index contributed by atoms with van der Waals surface area (Å²) >= 11 is 0. The summed E-state index contributed by atoms with van der Waals surface area (Å²) in [6.07, 6.45) is 4.52. The van der Waals surface area contributed by atoms with E-state index in [-0.39, 0.29) is 5.82 Å². The van der Waals surface area contributed by atoms with E-state index in [0.717, 1.165) is 31.7 Å². The van der Waals surface area contributed by atoms with Crippen molar-refractivity contribution >= 4 is 5.69 Å². The number of hydrogen-bond acceptors (Lipinski definition) is 2. The molecule has 0 aliphatic carbocycles. The first-order chi connectivity index (χ1) is 9.17. The molecule has 0 saturated carbocycles. The molecule has 2 nitrogen and oxygen atoms in total. The van der Waals surface area contributed by atoms with E-state index in [4.69, 9.17) is 0 Å². The summed E-state index contributed by atoms with van der Waals surface area (Å²) in [5, 5.41) is 3.44. The van der Waals surface area contributed by atoms with E-state index in [2.05, 4.69) is 30.1 Å². The van der Waals surface area contributed by atoms with Gasteiger partial charge >= 0.3 is 0 Å². The van der Waals surface area contributed by atoms with Gasteiger partial charge in [-0.15, -0.1) is 0 Å². The topological polar surface area (TPSA) is 15.3 Å². The van der Waals surface area contributed by atoms with E-state index in [1.165, 1.54) is 18.1 Å². The summed E-state index contributed by atoms with van der Waals surface area (Å²) in [6, 6.07) is 7.14. The predicted molar refractivity (Wildman–Crippen MR) is 78.9 cm³/mol. The molecule has 0 aromatic heterocycles. The number of piperidine rings is 1. The van der Waals surface area contributed by atoms with E-state index >= 15 is 0 Å². The molecule has 2 rings (SSSR count). The van der Waals surface area contributed by atoms with E-state index in [0.29, 0.717) is 6.04 Å². The third-order valence-corrected chi connectivity index (χ3v) is 3.67. The summed E-state index contributed by atoms with van der Waals surface area (Å²) < 4.78 is 13.2.